The lowest BCUT2D eigenvalue weighted by Gasteiger charge is -2.57. The second-order valence-corrected chi connectivity index (χ2v) is 13.6. The molecule has 0 radical (unpaired) electrons. The van der Waals surface area contributed by atoms with Crippen LogP contribution in [0.3, 0.4) is 0 Å². The van der Waals surface area contributed by atoms with Crippen molar-refractivity contribution in [1.82, 2.24) is 9.88 Å². The molecule has 2 aromatic rings. The fraction of sp³-hybridized carbons (Fsp3) is 0.528. The monoisotopic (exact) mass is 535 g/mol. The molecule has 1 aliphatic heterocycles. The van der Waals surface area contributed by atoms with Crippen LogP contribution in [-0.4, -0.2) is 47.3 Å². The Bertz CT molecular complexity index is 1310. The summed E-state index contributed by atoms with van der Waals surface area (Å²) in [4.78, 5) is 9.85. The van der Waals surface area contributed by atoms with Crippen molar-refractivity contribution in [2.45, 2.75) is 64.9 Å². The van der Waals surface area contributed by atoms with E-state index in [0.29, 0.717) is 5.41 Å². The van der Waals surface area contributed by atoms with Gasteiger partial charge in [-0.3, -0.25) is 0 Å². The van der Waals surface area contributed by atoms with E-state index in [2.05, 4.69) is 96.7 Å². The SMILES string of the molecule is C[C@]12CC[C@H](O)CC1=CC[C@@H]1[C@@H]2CC[C@]2(C)C(c3ccc(N4CCN(/C=C/c5ccccc5)CC4)nc3)=CC[C@@H]12. The zero-order chi connectivity index (χ0) is 27.3. The van der Waals surface area contributed by atoms with Crippen LogP contribution in [0.2, 0.25) is 0 Å². The molecular weight excluding hydrogens is 490 g/mol. The van der Waals surface area contributed by atoms with Crippen molar-refractivity contribution in [3.63, 3.8) is 0 Å². The molecule has 210 valence electrons. The van der Waals surface area contributed by atoms with Crippen molar-refractivity contribution in [2.24, 2.45) is 28.6 Å². The molecule has 2 saturated carbocycles. The Morgan fingerprint density at radius 1 is 0.875 bits per heavy atom. The van der Waals surface area contributed by atoms with Crippen LogP contribution in [0.15, 0.2) is 72.6 Å². The summed E-state index contributed by atoms with van der Waals surface area (Å²) in [5, 5.41) is 10.3. The molecule has 1 aromatic heterocycles. The van der Waals surface area contributed by atoms with E-state index in [1.165, 1.54) is 36.8 Å². The molecule has 0 bridgehead atoms. The summed E-state index contributed by atoms with van der Waals surface area (Å²) in [6.07, 6.45) is 19.6. The number of rotatable bonds is 4. The number of hydrogen-bond acceptors (Lipinski definition) is 4. The zero-order valence-corrected chi connectivity index (χ0v) is 24.3. The number of hydrogen-bond donors (Lipinski definition) is 1. The molecule has 4 heteroatoms. The van der Waals surface area contributed by atoms with Crippen molar-refractivity contribution in [1.29, 1.82) is 0 Å². The first-order valence-electron chi connectivity index (χ1n) is 15.7. The minimum Gasteiger partial charge on any atom is -0.393 e. The van der Waals surface area contributed by atoms with E-state index in [1.54, 1.807) is 11.1 Å². The van der Waals surface area contributed by atoms with Gasteiger partial charge in [0.2, 0.25) is 0 Å². The summed E-state index contributed by atoms with van der Waals surface area (Å²) in [6, 6.07) is 15.2. The Labute approximate surface area is 240 Å². The molecule has 4 aliphatic carbocycles. The number of aliphatic hydroxyl groups excluding tert-OH is 1. The van der Waals surface area contributed by atoms with Gasteiger partial charge in [0.05, 0.1) is 6.10 Å². The highest BCUT2D eigenvalue weighted by Gasteiger charge is 2.56. The average Bonchev–Trinajstić information content (AvgIpc) is 3.34. The van der Waals surface area contributed by atoms with E-state index in [9.17, 15) is 5.11 Å². The largest absolute Gasteiger partial charge is 0.393 e. The number of aliphatic hydroxyl groups is 1. The molecule has 6 atom stereocenters. The van der Waals surface area contributed by atoms with Crippen LogP contribution in [0.5, 0.6) is 0 Å². The molecule has 3 fully saturated rings. The lowest BCUT2D eigenvalue weighted by Crippen LogP contribution is -2.49. The maximum atomic E-state index is 10.3. The molecule has 1 aromatic carbocycles. The third kappa shape index (κ3) is 4.43. The summed E-state index contributed by atoms with van der Waals surface area (Å²) in [6.45, 7) is 9.12. The molecule has 7 rings (SSSR count). The number of allylic oxidation sites excluding steroid dienone is 3. The van der Waals surface area contributed by atoms with Gasteiger partial charge in [0, 0.05) is 32.4 Å². The Hall–Kier alpha value is -2.85. The van der Waals surface area contributed by atoms with Gasteiger partial charge in [-0.2, -0.15) is 0 Å². The first-order valence-corrected chi connectivity index (χ1v) is 15.7. The van der Waals surface area contributed by atoms with Crippen LogP contribution in [-0.2, 0) is 0 Å². The average molecular weight is 536 g/mol. The lowest BCUT2D eigenvalue weighted by molar-refractivity contribution is -0.0238. The van der Waals surface area contributed by atoms with Crippen molar-refractivity contribution >= 4 is 17.5 Å². The van der Waals surface area contributed by atoms with Crippen molar-refractivity contribution in [3.05, 3.63) is 83.7 Å². The highest BCUT2D eigenvalue weighted by Crippen LogP contribution is 2.66. The number of nitrogens with zero attached hydrogens (tertiary/aromatic N) is 3. The highest BCUT2D eigenvalue weighted by atomic mass is 16.3. The van der Waals surface area contributed by atoms with E-state index >= 15 is 0 Å². The third-order valence-corrected chi connectivity index (χ3v) is 11.6. The fourth-order valence-electron chi connectivity index (χ4n) is 9.24. The summed E-state index contributed by atoms with van der Waals surface area (Å²) in [5.41, 5.74) is 6.24. The van der Waals surface area contributed by atoms with Gasteiger partial charge < -0.3 is 14.9 Å². The molecule has 5 aliphatic rings. The van der Waals surface area contributed by atoms with Crippen molar-refractivity contribution in [2.75, 3.05) is 31.1 Å². The van der Waals surface area contributed by atoms with Gasteiger partial charge in [-0.05, 0) is 115 Å². The van der Waals surface area contributed by atoms with Gasteiger partial charge in [0.15, 0.2) is 0 Å². The van der Waals surface area contributed by atoms with Crippen LogP contribution in [0, 0.1) is 28.6 Å². The maximum Gasteiger partial charge on any atom is 0.128 e. The molecule has 2 heterocycles. The topological polar surface area (TPSA) is 39.6 Å². The minimum atomic E-state index is -0.125. The number of benzene rings is 1. The maximum absolute atomic E-state index is 10.3. The fourth-order valence-corrected chi connectivity index (χ4v) is 9.24. The number of fused-ring (bicyclic) bond motifs is 5. The van der Waals surface area contributed by atoms with Gasteiger partial charge in [0.1, 0.15) is 5.82 Å². The smallest absolute Gasteiger partial charge is 0.128 e. The van der Waals surface area contributed by atoms with E-state index < -0.39 is 0 Å². The van der Waals surface area contributed by atoms with E-state index in [4.69, 9.17) is 4.98 Å². The summed E-state index contributed by atoms with van der Waals surface area (Å²) in [7, 11) is 0. The summed E-state index contributed by atoms with van der Waals surface area (Å²) in [5.74, 6) is 3.36. The minimum absolute atomic E-state index is 0.125. The number of pyridine rings is 1. The summed E-state index contributed by atoms with van der Waals surface area (Å²) >= 11 is 0. The van der Waals surface area contributed by atoms with Crippen molar-refractivity contribution < 1.29 is 5.11 Å². The molecule has 0 amide bonds. The molecular formula is C36H45N3O. The van der Waals surface area contributed by atoms with E-state index in [1.807, 2.05) is 0 Å². The van der Waals surface area contributed by atoms with Crippen LogP contribution in [0.4, 0.5) is 5.82 Å². The quantitative estimate of drug-likeness (QED) is 0.421. The van der Waals surface area contributed by atoms with Crippen molar-refractivity contribution in [3.8, 4) is 0 Å². The molecule has 1 N–H and O–H groups in total. The highest BCUT2D eigenvalue weighted by molar-refractivity contribution is 5.73. The van der Waals surface area contributed by atoms with Gasteiger partial charge in [-0.25, -0.2) is 4.98 Å². The van der Waals surface area contributed by atoms with Gasteiger partial charge in [0.25, 0.3) is 0 Å². The molecule has 1 saturated heterocycles. The summed E-state index contributed by atoms with van der Waals surface area (Å²) < 4.78 is 0. The van der Waals surface area contributed by atoms with Gasteiger partial charge >= 0.3 is 0 Å². The number of aromatic nitrogens is 1. The first kappa shape index (κ1) is 26.1. The Balaban J connectivity index is 1.01. The second-order valence-electron chi connectivity index (χ2n) is 13.6. The molecule has 4 nitrogen and oxygen atoms in total. The Morgan fingerprint density at radius 3 is 2.45 bits per heavy atom. The predicted molar refractivity (Wildman–Crippen MR) is 165 cm³/mol. The number of anilines is 1. The molecule has 0 spiro atoms. The second kappa shape index (κ2) is 10.2. The van der Waals surface area contributed by atoms with E-state index in [-0.39, 0.29) is 11.5 Å². The predicted octanol–water partition coefficient (Wildman–Crippen LogP) is 7.19. The standard InChI is InChI=1S/C36H45N3O/c1-35-17-14-29(40)24-28(35)9-10-30-32-12-11-31(36(32,2)18-15-33(30)35)27-8-13-34(37-25-27)39-22-20-38(21-23-39)19-16-26-6-4-3-5-7-26/h3-9,11,13,16,19,25,29-30,32-33,40H,10,12,14-15,17-18,20-24H2,1-2H3/b19-16+/t29-,30-,32-,33-,35-,36+/m0/s1. The lowest BCUT2D eigenvalue weighted by atomic mass is 9.47. The molecule has 40 heavy (non-hydrogen) atoms. The Morgan fingerprint density at radius 2 is 1.68 bits per heavy atom. The molecule has 0 unspecified atom stereocenters. The van der Waals surface area contributed by atoms with Crippen LogP contribution in [0.1, 0.15) is 69.9 Å². The van der Waals surface area contributed by atoms with Crippen LogP contribution >= 0.6 is 0 Å². The van der Waals surface area contributed by atoms with Gasteiger partial charge in [-0.1, -0.05) is 61.9 Å². The normalized spacial score (nSPS) is 35.6. The first-order chi connectivity index (χ1) is 19.4. The van der Waals surface area contributed by atoms with Gasteiger partial charge in [-0.15, -0.1) is 0 Å². The van der Waals surface area contributed by atoms with Crippen LogP contribution < -0.4 is 4.90 Å². The Kier molecular flexibility index (Phi) is 6.65. The van der Waals surface area contributed by atoms with Crippen LogP contribution in [0.25, 0.3) is 11.6 Å². The number of piperazine rings is 1. The zero-order valence-electron chi connectivity index (χ0n) is 24.3. The third-order valence-electron chi connectivity index (χ3n) is 11.6. The van der Waals surface area contributed by atoms with E-state index in [0.717, 1.165) is 69.0 Å².